The summed E-state index contributed by atoms with van der Waals surface area (Å²) < 4.78 is 0. The summed E-state index contributed by atoms with van der Waals surface area (Å²) in [6, 6.07) is 0.0197. The highest BCUT2D eigenvalue weighted by Crippen LogP contribution is 2.45. The van der Waals surface area contributed by atoms with E-state index in [1.807, 2.05) is 0 Å². The second-order valence-corrected chi connectivity index (χ2v) is 3.36. The number of nitrogens with two attached hydrogens (primary N) is 1. The lowest BCUT2D eigenvalue weighted by molar-refractivity contribution is 0.0558. The fraction of sp³-hybridized carbons (Fsp3) is 1.00. The molecule has 0 aromatic rings. The number of hydrogen-bond donors (Lipinski definition) is 2. The summed E-state index contributed by atoms with van der Waals surface area (Å²) >= 11 is 0. The van der Waals surface area contributed by atoms with Gasteiger partial charge < -0.3 is 10.8 Å². The molecule has 0 aliphatic heterocycles. The van der Waals surface area contributed by atoms with Crippen LogP contribution in [0.25, 0.3) is 0 Å². The van der Waals surface area contributed by atoms with Gasteiger partial charge in [0.2, 0.25) is 0 Å². The molecule has 0 spiro atoms. The molecule has 0 heterocycles. The third-order valence-electron chi connectivity index (χ3n) is 3.04. The first kappa shape index (κ1) is 8.02. The Labute approximate surface area is 62.4 Å². The molecule has 1 aliphatic rings. The average molecular weight is 143 g/mol. The van der Waals surface area contributed by atoms with Crippen molar-refractivity contribution in [2.45, 2.75) is 38.6 Å². The van der Waals surface area contributed by atoms with Gasteiger partial charge >= 0.3 is 0 Å². The Morgan fingerprint density at radius 3 is 2.30 bits per heavy atom. The summed E-state index contributed by atoms with van der Waals surface area (Å²) in [6.07, 6.45) is 4.84. The summed E-state index contributed by atoms with van der Waals surface area (Å²) in [4.78, 5) is 0. The molecule has 0 amide bonds. The predicted octanol–water partition coefficient (Wildman–Crippen LogP) is 0.886. The highest BCUT2D eigenvalue weighted by molar-refractivity contribution is 4.94. The maximum absolute atomic E-state index is 8.84. The van der Waals surface area contributed by atoms with Crippen LogP contribution in [0, 0.1) is 5.41 Å². The first-order valence-corrected chi connectivity index (χ1v) is 4.11. The van der Waals surface area contributed by atoms with E-state index in [2.05, 4.69) is 6.92 Å². The van der Waals surface area contributed by atoms with Crippen molar-refractivity contribution in [1.82, 2.24) is 0 Å². The fourth-order valence-electron chi connectivity index (χ4n) is 1.81. The standard InChI is InChI=1S/C8H17NO/c1-2-8(4-3-5-8)7(9)6-10/h7,10H,2-6,9H2,1H3/t7-/m1/s1. The Morgan fingerprint density at radius 2 is 2.20 bits per heavy atom. The molecule has 2 heteroatoms. The van der Waals surface area contributed by atoms with Crippen LogP contribution in [0.3, 0.4) is 0 Å². The van der Waals surface area contributed by atoms with Gasteiger partial charge in [0, 0.05) is 6.04 Å². The van der Waals surface area contributed by atoms with E-state index < -0.39 is 0 Å². The van der Waals surface area contributed by atoms with Crippen LogP contribution in [0.5, 0.6) is 0 Å². The molecule has 10 heavy (non-hydrogen) atoms. The van der Waals surface area contributed by atoms with Crippen molar-refractivity contribution in [1.29, 1.82) is 0 Å². The van der Waals surface area contributed by atoms with E-state index in [1.165, 1.54) is 19.3 Å². The first-order chi connectivity index (χ1) is 4.75. The topological polar surface area (TPSA) is 46.2 Å². The zero-order chi connectivity index (χ0) is 7.61. The molecule has 0 aromatic carbocycles. The minimum Gasteiger partial charge on any atom is -0.395 e. The molecule has 1 fully saturated rings. The van der Waals surface area contributed by atoms with Crippen molar-refractivity contribution in [2.24, 2.45) is 11.1 Å². The van der Waals surface area contributed by atoms with Gasteiger partial charge in [0.05, 0.1) is 6.61 Å². The highest BCUT2D eigenvalue weighted by Gasteiger charge is 2.39. The summed E-state index contributed by atoms with van der Waals surface area (Å²) in [5, 5.41) is 8.84. The number of rotatable bonds is 3. The summed E-state index contributed by atoms with van der Waals surface area (Å²) in [5.74, 6) is 0. The van der Waals surface area contributed by atoms with Gasteiger partial charge in [0.15, 0.2) is 0 Å². The van der Waals surface area contributed by atoms with Crippen molar-refractivity contribution in [3.8, 4) is 0 Å². The van der Waals surface area contributed by atoms with Crippen LogP contribution in [0.4, 0.5) is 0 Å². The maximum atomic E-state index is 8.84. The van der Waals surface area contributed by atoms with E-state index in [-0.39, 0.29) is 12.6 Å². The molecule has 1 rings (SSSR count). The molecule has 0 radical (unpaired) electrons. The summed E-state index contributed by atoms with van der Waals surface area (Å²) in [6.45, 7) is 2.31. The van der Waals surface area contributed by atoms with E-state index in [4.69, 9.17) is 10.8 Å². The van der Waals surface area contributed by atoms with Gasteiger partial charge in [-0.15, -0.1) is 0 Å². The van der Waals surface area contributed by atoms with E-state index in [9.17, 15) is 0 Å². The average Bonchev–Trinajstić information content (AvgIpc) is 1.86. The SMILES string of the molecule is CCC1([C@H](N)CO)CCC1. The van der Waals surface area contributed by atoms with Crippen LogP contribution in [0.15, 0.2) is 0 Å². The lowest BCUT2D eigenvalue weighted by atomic mass is 9.63. The van der Waals surface area contributed by atoms with Gasteiger partial charge in [0.1, 0.15) is 0 Å². The second-order valence-electron chi connectivity index (χ2n) is 3.36. The Balaban J connectivity index is 2.46. The largest absolute Gasteiger partial charge is 0.395 e. The Morgan fingerprint density at radius 1 is 1.60 bits per heavy atom. The Bertz CT molecular complexity index is 104. The van der Waals surface area contributed by atoms with Crippen LogP contribution in [0.1, 0.15) is 32.6 Å². The number of aliphatic hydroxyl groups excluding tert-OH is 1. The van der Waals surface area contributed by atoms with Gasteiger partial charge in [-0.2, -0.15) is 0 Å². The molecule has 0 unspecified atom stereocenters. The van der Waals surface area contributed by atoms with Crippen LogP contribution >= 0.6 is 0 Å². The smallest absolute Gasteiger partial charge is 0.0587 e. The Hall–Kier alpha value is -0.0800. The van der Waals surface area contributed by atoms with E-state index in [0.29, 0.717) is 5.41 Å². The number of hydrogen-bond acceptors (Lipinski definition) is 2. The highest BCUT2D eigenvalue weighted by atomic mass is 16.3. The van der Waals surface area contributed by atoms with Crippen LogP contribution in [-0.2, 0) is 0 Å². The van der Waals surface area contributed by atoms with Gasteiger partial charge in [-0.3, -0.25) is 0 Å². The first-order valence-electron chi connectivity index (χ1n) is 4.11. The van der Waals surface area contributed by atoms with E-state index in [0.717, 1.165) is 6.42 Å². The van der Waals surface area contributed by atoms with Gasteiger partial charge in [-0.05, 0) is 24.7 Å². The Kier molecular flexibility index (Phi) is 2.32. The molecule has 3 N–H and O–H groups in total. The molecule has 1 saturated carbocycles. The third kappa shape index (κ3) is 1.06. The molecule has 60 valence electrons. The summed E-state index contributed by atoms with van der Waals surface area (Å²) in [7, 11) is 0. The fourth-order valence-corrected chi connectivity index (χ4v) is 1.81. The lowest BCUT2D eigenvalue weighted by Gasteiger charge is -2.45. The van der Waals surface area contributed by atoms with Crippen molar-refractivity contribution in [3.05, 3.63) is 0 Å². The lowest BCUT2D eigenvalue weighted by Crippen LogP contribution is -2.48. The molecule has 1 aliphatic carbocycles. The maximum Gasteiger partial charge on any atom is 0.0587 e. The van der Waals surface area contributed by atoms with Crippen molar-refractivity contribution < 1.29 is 5.11 Å². The zero-order valence-electron chi connectivity index (χ0n) is 6.64. The molecule has 2 nitrogen and oxygen atoms in total. The zero-order valence-corrected chi connectivity index (χ0v) is 6.64. The van der Waals surface area contributed by atoms with Crippen molar-refractivity contribution in [2.75, 3.05) is 6.61 Å². The van der Waals surface area contributed by atoms with Gasteiger partial charge in [0.25, 0.3) is 0 Å². The molecule has 0 saturated heterocycles. The predicted molar refractivity (Wildman–Crippen MR) is 41.6 cm³/mol. The molecule has 1 atom stereocenters. The molecule has 0 bridgehead atoms. The van der Waals surface area contributed by atoms with Crippen LogP contribution in [0.2, 0.25) is 0 Å². The van der Waals surface area contributed by atoms with Crippen LogP contribution in [-0.4, -0.2) is 17.8 Å². The second kappa shape index (κ2) is 2.89. The van der Waals surface area contributed by atoms with E-state index in [1.54, 1.807) is 0 Å². The van der Waals surface area contributed by atoms with Gasteiger partial charge in [-0.25, -0.2) is 0 Å². The molecular formula is C8H17NO. The third-order valence-corrected chi connectivity index (χ3v) is 3.04. The van der Waals surface area contributed by atoms with Gasteiger partial charge in [-0.1, -0.05) is 13.3 Å². The monoisotopic (exact) mass is 143 g/mol. The normalized spacial score (nSPS) is 25.5. The molecular weight excluding hydrogens is 126 g/mol. The summed E-state index contributed by atoms with van der Waals surface area (Å²) in [5.41, 5.74) is 6.07. The van der Waals surface area contributed by atoms with Crippen molar-refractivity contribution in [3.63, 3.8) is 0 Å². The van der Waals surface area contributed by atoms with Crippen molar-refractivity contribution >= 4 is 0 Å². The molecule has 0 aromatic heterocycles. The minimum atomic E-state index is 0.0197. The quantitative estimate of drug-likeness (QED) is 0.616. The van der Waals surface area contributed by atoms with E-state index >= 15 is 0 Å². The minimum absolute atomic E-state index is 0.0197. The number of aliphatic hydroxyl groups is 1. The van der Waals surface area contributed by atoms with Crippen LogP contribution < -0.4 is 5.73 Å².